The van der Waals surface area contributed by atoms with Gasteiger partial charge in [-0.2, -0.15) is 0 Å². The lowest BCUT2D eigenvalue weighted by atomic mass is 10.1. The third-order valence-electron chi connectivity index (χ3n) is 3.04. The fourth-order valence-electron chi connectivity index (χ4n) is 1.93. The zero-order valence-corrected chi connectivity index (χ0v) is 11.1. The van der Waals surface area contributed by atoms with Crippen LogP contribution in [0, 0.1) is 0 Å². The van der Waals surface area contributed by atoms with Gasteiger partial charge in [0.15, 0.2) is 0 Å². The van der Waals surface area contributed by atoms with Crippen LogP contribution in [-0.2, 0) is 9.53 Å². The van der Waals surface area contributed by atoms with Crippen molar-refractivity contribution in [3.63, 3.8) is 0 Å². The third-order valence-corrected chi connectivity index (χ3v) is 3.04. The number of carbonyl (C=O) groups excluding carboxylic acids is 1. The summed E-state index contributed by atoms with van der Waals surface area (Å²) in [6, 6.07) is 7.25. The van der Waals surface area contributed by atoms with Crippen LogP contribution in [0.1, 0.15) is 16.8 Å². The van der Waals surface area contributed by atoms with E-state index in [0.29, 0.717) is 5.56 Å². The van der Waals surface area contributed by atoms with Gasteiger partial charge in [-0.05, 0) is 23.6 Å². The Labute approximate surface area is 115 Å². The van der Waals surface area contributed by atoms with E-state index >= 15 is 0 Å². The molecule has 20 heavy (non-hydrogen) atoms. The van der Waals surface area contributed by atoms with Gasteiger partial charge >= 0.3 is 5.97 Å². The SMILES string of the molecule is COC(CNC(=O)c1ccc2cc[nH]c2c1)CC(=O)O. The van der Waals surface area contributed by atoms with Crippen molar-refractivity contribution < 1.29 is 19.4 Å². The predicted octanol–water partition coefficient (Wildman–Crippen LogP) is 1.39. The molecule has 0 spiro atoms. The number of aromatic nitrogens is 1. The first-order chi connectivity index (χ1) is 9.60. The second-order valence-corrected chi connectivity index (χ2v) is 4.45. The minimum Gasteiger partial charge on any atom is -0.481 e. The highest BCUT2D eigenvalue weighted by atomic mass is 16.5. The van der Waals surface area contributed by atoms with Gasteiger partial charge in [0, 0.05) is 30.9 Å². The molecule has 6 heteroatoms. The number of hydrogen-bond acceptors (Lipinski definition) is 3. The van der Waals surface area contributed by atoms with Gasteiger partial charge in [-0.15, -0.1) is 0 Å². The lowest BCUT2D eigenvalue weighted by Gasteiger charge is -2.13. The molecule has 0 bridgehead atoms. The molecule has 1 aromatic carbocycles. The molecule has 1 atom stereocenters. The molecule has 0 saturated heterocycles. The maximum absolute atomic E-state index is 12.0. The zero-order valence-electron chi connectivity index (χ0n) is 11.1. The van der Waals surface area contributed by atoms with Gasteiger partial charge in [-0.25, -0.2) is 0 Å². The van der Waals surface area contributed by atoms with Gasteiger partial charge < -0.3 is 20.1 Å². The average molecular weight is 276 g/mol. The summed E-state index contributed by atoms with van der Waals surface area (Å²) in [6.45, 7) is 0.157. The van der Waals surface area contributed by atoms with E-state index in [1.165, 1.54) is 7.11 Å². The molecule has 0 aliphatic rings. The Morgan fingerprint density at radius 3 is 2.90 bits per heavy atom. The summed E-state index contributed by atoms with van der Waals surface area (Å²) in [5, 5.41) is 12.4. The molecular formula is C14H16N2O4. The number of nitrogens with one attached hydrogen (secondary N) is 2. The molecule has 0 fully saturated rings. The number of rotatable bonds is 6. The Kier molecular flexibility index (Phi) is 4.37. The van der Waals surface area contributed by atoms with E-state index in [2.05, 4.69) is 10.3 Å². The molecule has 1 amide bonds. The Balaban J connectivity index is 1.98. The van der Waals surface area contributed by atoms with E-state index in [4.69, 9.17) is 9.84 Å². The fraction of sp³-hybridized carbons (Fsp3) is 0.286. The number of H-pyrrole nitrogens is 1. The molecule has 6 nitrogen and oxygen atoms in total. The van der Waals surface area contributed by atoms with Crippen LogP contribution in [0.15, 0.2) is 30.5 Å². The van der Waals surface area contributed by atoms with Crippen LogP contribution in [0.25, 0.3) is 10.9 Å². The van der Waals surface area contributed by atoms with Gasteiger partial charge in [0.2, 0.25) is 0 Å². The summed E-state index contributed by atoms with van der Waals surface area (Å²) in [4.78, 5) is 25.6. The smallest absolute Gasteiger partial charge is 0.306 e. The molecule has 0 aliphatic carbocycles. The van der Waals surface area contributed by atoms with Crippen LogP contribution in [0.2, 0.25) is 0 Å². The Morgan fingerprint density at radius 2 is 2.20 bits per heavy atom. The number of carboxylic acid groups (broad SMARTS) is 1. The summed E-state index contributed by atoms with van der Waals surface area (Å²) >= 11 is 0. The van der Waals surface area contributed by atoms with Crippen molar-refractivity contribution in [2.75, 3.05) is 13.7 Å². The quantitative estimate of drug-likeness (QED) is 0.743. The van der Waals surface area contributed by atoms with Gasteiger partial charge in [0.05, 0.1) is 12.5 Å². The average Bonchev–Trinajstić information content (AvgIpc) is 2.89. The van der Waals surface area contributed by atoms with Crippen molar-refractivity contribution in [2.24, 2.45) is 0 Å². The lowest BCUT2D eigenvalue weighted by Crippen LogP contribution is -2.34. The van der Waals surface area contributed by atoms with Crippen LogP contribution in [0.5, 0.6) is 0 Å². The first-order valence-corrected chi connectivity index (χ1v) is 6.20. The van der Waals surface area contributed by atoms with Crippen LogP contribution < -0.4 is 5.32 Å². The Morgan fingerprint density at radius 1 is 1.40 bits per heavy atom. The molecule has 1 aromatic heterocycles. The highest BCUT2D eigenvalue weighted by molar-refractivity contribution is 5.97. The molecule has 0 aliphatic heterocycles. The molecule has 1 heterocycles. The van der Waals surface area contributed by atoms with Crippen molar-refractivity contribution in [3.05, 3.63) is 36.0 Å². The van der Waals surface area contributed by atoms with Crippen molar-refractivity contribution in [3.8, 4) is 0 Å². The second kappa shape index (κ2) is 6.21. The van der Waals surface area contributed by atoms with Crippen LogP contribution in [-0.4, -0.2) is 41.7 Å². The number of amides is 1. The summed E-state index contributed by atoms with van der Waals surface area (Å²) in [7, 11) is 1.42. The van der Waals surface area contributed by atoms with E-state index in [0.717, 1.165) is 10.9 Å². The minimum atomic E-state index is -0.959. The number of hydrogen-bond donors (Lipinski definition) is 3. The van der Waals surface area contributed by atoms with Gasteiger partial charge in [0.1, 0.15) is 0 Å². The standard InChI is InChI=1S/C14H16N2O4/c1-20-11(7-13(17)18)8-16-14(19)10-3-2-9-4-5-15-12(9)6-10/h2-6,11,15H,7-8H2,1H3,(H,16,19)(H,17,18). The van der Waals surface area contributed by atoms with Gasteiger partial charge in [-0.1, -0.05) is 6.07 Å². The summed E-state index contributed by atoms with van der Waals surface area (Å²) in [5.41, 5.74) is 1.40. The maximum atomic E-state index is 12.0. The van der Waals surface area contributed by atoms with Crippen molar-refractivity contribution >= 4 is 22.8 Å². The maximum Gasteiger partial charge on any atom is 0.306 e. The molecule has 106 valence electrons. The molecule has 2 aromatic rings. The Bertz CT molecular complexity index is 620. The molecule has 0 saturated carbocycles. The third kappa shape index (κ3) is 3.36. The van der Waals surface area contributed by atoms with E-state index in [1.54, 1.807) is 18.3 Å². The second-order valence-electron chi connectivity index (χ2n) is 4.45. The van der Waals surface area contributed by atoms with E-state index < -0.39 is 12.1 Å². The summed E-state index contributed by atoms with van der Waals surface area (Å²) in [5.74, 6) is -1.21. The first kappa shape index (κ1) is 14.1. The monoisotopic (exact) mass is 276 g/mol. The lowest BCUT2D eigenvalue weighted by molar-refractivity contribution is -0.139. The summed E-state index contributed by atoms with van der Waals surface area (Å²) in [6.07, 6.45) is 1.12. The molecule has 1 unspecified atom stereocenters. The Hall–Kier alpha value is -2.34. The van der Waals surface area contributed by atoms with Gasteiger partial charge in [0.25, 0.3) is 5.91 Å². The zero-order chi connectivity index (χ0) is 14.5. The number of benzene rings is 1. The topological polar surface area (TPSA) is 91.4 Å². The van der Waals surface area contributed by atoms with Gasteiger partial charge in [-0.3, -0.25) is 9.59 Å². The highest BCUT2D eigenvalue weighted by Crippen LogP contribution is 2.14. The fourth-order valence-corrected chi connectivity index (χ4v) is 1.93. The van der Waals surface area contributed by atoms with Crippen molar-refractivity contribution in [2.45, 2.75) is 12.5 Å². The number of methoxy groups -OCH3 is 1. The predicted molar refractivity (Wildman–Crippen MR) is 73.7 cm³/mol. The van der Waals surface area contributed by atoms with Crippen molar-refractivity contribution in [1.82, 2.24) is 10.3 Å². The molecule has 0 radical (unpaired) electrons. The normalized spacial score (nSPS) is 12.2. The number of carbonyl (C=O) groups is 2. The number of ether oxygens (including phenoxy) is 1. The largest absolute Gasteiger partial charge is 0.481 e. The van der Waals surface area contributed by atoms with E-state index in [1.807, 2.05) is 12.1 Å². The van der Waals surface area contributed by atoms with E-state index in [-0.39, 0.29) is 18.9 Å². The summed E-state index contributed by atoms with van der Waals surface area (Å²) < 4.78 is 5.00. The van der Waals surface area contributed by atoms with E-state index in [9.17, 15) is 9.59 Å². The van der Waals surface area contributed by atoms with Crippen LogP contribution in [0.4, 0.5) is 0 Å². The molecule has 2 rings (SSSR count). The highest BCUT2D eigenvalue weighted by Gasteiger charge is 2.14. The molecular weight excluding hydrogens is 260 g/mol. The number of fused-ring (bicyclic) bond motifs is 1. The van der Waals surface area contributed by atoms with Crippen LogP contribution >= 0.6 is 0 Å². The minimum absolute atomic E-state index is 0.146. The van der Waals surface area contributed by atoms with Crippen LogP contribution in [0.3, 0.4) is 0 Å². The first-order valence-electron chi connectivity index (χ1n) is 6.20. The van der Waals surface area contributed by atoms with Crippen molar-refractivity contribution in [1.29, 1.82) is 0 Å². The number of carboxylic acids is 1. The number of aliphatic carboxylic acids is 1. The molecule has 3 N–H and O–H groups in total. The number of aromatic amines is 1.